The van der Waals surface area contributed by atoms with Crippen molar-refractivity contribution in [3.63, 3.8) is 0 Å². The molecule has 0 heterocycles. The molecule has 1 nitrogen and oxygen atoms in total. The number of hydrogen-bond donors (Lipinski definition) is 1. The van der Waals surface area contributed by atoms with Crippen LogP contribution in [0.5, 0.6) is 0 Å². The molecule has 1 unspecified atom stereocenters. The summed E-state index contributed by atoms with van der Waals surface area (Å²) in [5, 5.41) is 0.814. The molecular weight excluding hydrogens is 194 g/mol. The molecule has 0 bridgehead atoms. The van der Waals surface area contributed by atoms with E-state index in [-0.39, 0.29) is 6.04 Å². The van der Waals surface area contributed by atoms with Crippen LogP contribution in [0.4, 0.5) is 0 Å². The Balaban J connectivity index is 2.70. The van der Waals surface area contributed by atoms with Gasteiger partial charge in [-0.3, -0.25) is 0 Å². The first-order valence-corrected chi connectivity index (χ1v) is 5.54. The van der Waals surface area contributed by atoms with Gasteiger partial charge >= 0.3 is 0 Å². The second-order valence-corrected chi connectivity index (χ2v) is 4.16. The van der Waals surface area contributed by atoms with E-state index in [0.717, 1.165) is 22.6 Å². The van der Waals surface area contributed by atoms with Crippen LogP contribution in [-0.2, 0) is 0 Å². The molecule has 78 valence electrons. The van der Waals surface area contributed by atoms with Gasteiger partial charge in [0.05, 0.1) is 0 Å². The minimum Gasteiger partial charge on any atom is -0.324 e. The average Bonchev–Trinajstić information content (AvgIpc) is 2.18. The molecule has 1 rings (SSSR count). The lowest BCUT2D eigenvalue weighted by Gasteiger charge is -2.12. The number of hydrogen-bond acceptors (Lipinski definition) is 1. The maximum Gasteiger partial charge on any atom is 0.0438 e. The standard InChI is InChI=1S/C12H18ClN/c1-3-4-5-12(14)10-7-6-9(2)11(13)8-10/h6-8,12H,3-5,14H2,1-2H3. The number of benzene rings is 1. The van der Waals surface area contributed by atoms with E-state index in [1.807, 2.05) is 19.1 Å². The first kappa shape index (κ1) is 11.5. The van der Waals surface area contributed by atoms with Crippen LogP contribution < -0.4 is 5.73 Å². The molecule has 0 spiro atoms. The molecule has 1 aromatic rings. The van der Waals surface area contributed by atoms with E-state index < -0.39 is 0 Å². The molecule has 0 aromatic heterocycles. The van der Waals surface area contributed by atoms with E-state index in [0.29, 0.717) is 0 Å². The number of rotatable bonds is 4. The fraction of sp³-hybridized carbons (Fsp3) is 0.500. The second-order valence-electron chi connectivity index (χ2n) is 3.76. The average molecular weight is 212 g/mol. The third-order valence-corrected chi connectivity index (χ3v) is 2.90. The highest BCUT2D eigenvalue weighted by Gasteiger charge is 2.06. The zero-order chi connectivity index (χ0) is 10.6. The molecule has 0 radical (unpaired) electrons. The summed E-state index contributed by atoms with van der Waals surface area (Å²) in [6.45, 7) is 4.18. The third kappa shape index (κ3) is 3.00. The van der Waals surface area contributed by atoms with Gasteiger partial charge in [-0.25, -0.2) is 0 Å². The summed E-state index contributed by atoms with van der Waals surface area (Å²) in [4.78, 5) is 0. The maximum absolute atomic E-state index is 6.04. The summed E-state index contributed by atoms with van der Waals surface area (Å²) in [5.41, 5.74) is 8.30. The fourth-order valence-electron chi connectivity index (χ4n) is 1.43. The Labute approximate surface area is 91.3 Å². The lowest BCUT2D eigenvalue weighted by molar-refractivity contribution is 0.603. The molecule has 0 aliphatic carbocycles. The summed E-state index contributed by atoms with van der Waals surface area (Å²) in [7, 11) is 0. The number of halogens is 1. The maximum atomic E-state index is 6.04. The summed E-state index contributed by atoms with van der Waals surface area (Å²) in [6, 6.07) is 6.22. The van der Waals surface area contributed by atoms with Crippen LogP contribution >= 0.6 is 11.6 Å². The van der Waals surface area contributed by atoms with Crippen molar-refractivity contribution in [2.24, 2.45) is 5.73 Å². The van der Waals surface area contributed by atoms with Crippen LogP contribution in [0.25, 0.3) is 0 Å². The van der Waals surface area contributed by atoms with Gasteiger partial charge in [0.2, 0.25) is 0 Å². The molecule has 0 amide bonds. The van der Waals surface area contributed by atoms with Gasteiger partial charge in [-0.05, 0) is 30.5 Å². The SMILES string of the molecule is CCCCC(N)c1ccc(C)c(Cl)c1. The van der Waals surface area contributed by atoms with Gasteiger partial charge in [-0.15, -0.1) is 0 Å². The van der Waals surface area contributed by atoms with Crippen LogP contribution in [0, 0.1) is 6.92 Å². The highest BCUT2D eigenvalue weighted by Crippen LogP contribution is 2.22. The smallest absolute Gasteiger partial charge is 0.0438 e. The quantitative estimate of drug-likeness (QED) is 0.805. The van der Waals surface area contributed by atoms with E-state index in [1.54, 1.807) is 0 Å². The van der Waals surface area contributed by atoms with Crippen LogP contribution in [0.2, 0.25) is 5.02 Å². The Morgan fingerprint density at radius 2 is 2.14 bits per heavy atom. The topological polar surface area (TPSA) is 26.0 Å². The Hall–Kier alpha value is -0.530. The minimum absolute atomic E-state index is 0.132. The highest BCUT2D eigenvalue weighted by molar-refractivity contribution is 6.31. The van der Waals surface area contributed by atoms with Crippen molar-refractivity contribution in [2.75, 3.05) is 0 Å². The van der Waals surface area contributed by atoms with Crippen molar-refractivity contribution in [1.82, 2.24) is 0 Å². The molecule has 2 N–H and O–H groups in total. The van der Waals surface area contributed by atoms with E-state index in [4.69, 9.17) is 17.3 Å². The first-order chi connectivity index (χ1) is 6.65. The van der Waals surface area contributed by atoms with E-state index in [2.05, 4.69) is 13.0 Å². The van der Waals surface area contributed by atoms with Crippen molar-refractivity contribution < 1.29 is 0 Å². The predicted octanol–water partition coefficient (Wildman–Crippen LogP) is 3.84. The first-order valence-electron chi connectivity index (χ1n) is 5.16. The minimum atomic E-state index is 0.132. The third-order valence-electron chi connectivity index (χ3n) is 2.49. The van der Waals surface area contributed by atoms with Gasteiger partial charge in [-0.2, -0.15) is 0 Å². The van der Waals surface area contributed by atoms with Crippen molar-refractivity contribution in [2.45, 2.75) is 39.2 Å². The van der Waals surface area contributed by atoms with Crippen LogP contribution in [0.3, 0.4) is 0 Å². The van der Waals surface area contributed by atoms with E-state index in [1.165, 1.54) is 12.8 Å². The van der Waals surface area contributed by atoms with Gasteiger partial charge in [0.25, 0.3) is 0 Å². The molecule has 14 heavy (non-hydrogen) atoms. The van der Waals surface area contributed by atoms with Crippen molar-refractivity contribution in [1.29, 1.82) is 0 Å². The summed E-state index contributed by atoms with van der Waals surface area (Å²) in [6.07, 6.45) is 3.40. The number of unbranched alkanes of at least 4 members (excludes halogenated alkanes) is 1. The highest BCUT2D eigenvalue weighted by atomic mass is 35.5. The van der Waals surface area contributed by atoms with Gasteiger partial charge < -0.3 is 5.73 Å². The molecular formula is C12H18ClN. The summed E-state index contributed by atoms with van der Waals surface area (Å²) < 4.78 is 0. The lowest BCUT2D eigenvalue weighted by atomic mass is 10.0. The molecule has 0 saturated carbocycles. The van der Waals surface area contributed by atoms with Gasteiger partial charge in [-0.1, -0.05) is 43.5 Å². The Morgan fingerprint density at radius 1 is 1.43 bits per heavy atom. The lowest BCUT2D eigenvalue weighted by Crippen LogP contribution is -2.09. The second kappa shape index (κ2) is 5.38. The Kier molecular flexibility index (Phi) is 4.43. The van der Waals surface area contributed by atoms with Crippen molar-refractivity contribution >= 4 is 11.6 Å². The predicted molar refractivity (Wildman–Crippen MR) is 62.6 cm³/mol. The zero-order valence-electron chi connectivity index (χ0n) is 8.89. The Bertz CT molecular complexity index is 296. The van der Waals surface area contributed by atoms with Gasteiger partial charge in [0, 0.05) is 11.1 Å². The fourth-order valence-corrected chi connectivity index (χ4v) is 1.62. The van der Waals surface area contributed by atoms with Crippen LogP contribution in [0.1, 0.15) is 43.4 Å². The monoisotopic (exact) mass is 211 g/mol. The molecule has 0 saturated heterocycles. The van der Waals surface area contributed by atoms with Crippen LogP contribution in [0.15, 0.2) is 18.2 Å². The van der Waals surface area contributed by atoms with E-state index >= 15 is 0 Å². The molecule has 0 aliphatic rings. The number of aryl methyl sites for hydroxylation is 1. The van der Waals surface area contributed by atoms with Crippen molar-refractivity contribution in [3.05, 3.63) is 34.3 Å². The van der Waals surface area contributed by atoms with Gasteiger partial charge in [0.1, 0.15) is 0 Å². The molecule has 1 aromatic carbocycles. The number of nitrogens with two attached hydrogens (primary N) is 1. The van der Waals surface area contributed by atoms with Crippen molar-refractivity contribution in [3.8, 4) is 0 Å². The van der Waals surface area contributed by atoms with Crippen LogP contribution in [-0.4, -0.2) is 0 Å². The molecule has 0 aliphatic heterocycles. The largest absolute Gasteiger partial charge is 0.324 e. The molecule has 2 heteroatoms. The summed E-state index contributed by atoms with van der Waals surface area (Å²) >= 11 is 6.04. The normalized spacial score (nSPS) is 12.9. The summed E-state index contributed by atoms with van der Waals surface area (Å²) in [5.74, 6) is 0. The van der Waals surface area contributed by atoms with Gasteiger partial charge in [0.15, 0.2) is 0 Å². The Morgan fingerprint density at radius 3 is 2.71 bits per heavy atom. The molecule has 1 atom stereocenters. The molecule has 0 fully saturated rings. The van der Waals surface area contributed by atoms with E-state index in [9.17, 15) is 0 Å². The zero-order valence-corrected chi connectivity index (χ0v) is 9.64.